The van der Waals surface area contributed by atoms with Gasteiger partial charge in [-0.25, -0.2) is 5.10 Å². The van der Waals surface area contributed by atoms with Crippen LogP contribution in [0.4, 0.5) is 5.69 Å². The molecule has 3 rings (SSSR count). The minimum Gasteiger partial charge on any atom is -0.367 e. The molecule has 1 saturated heterocycles. The van der Waals surface area contributed by atoms with Crippen molar-refractivity contribution >= 4 is 5.69 Å². The van der Waals surface area contributed by atoms with Crippen LogP contribution in [0.5, 0.6) is 0 Å². The number of nitrogens with zero attached hydrogens (tertiary/aromatic N) is 4. The lowest BCUT2D eigenvalue weighted by Gasteiger charge is -2.36. The van der Waals surface area contributed by atoms with E-state index in [1.165, 1.54) is 24.1 Å². The summed E-state index contributed by atoms with van der Waals surface area (Å²) < 4.78 is 0. The van der Waals surface area contributed by atoms with Crippen molar-refractivity contribution in [3.05, 3.63) is 51.7 Å². The van der Waals surface area contributed by atoms with Crippen LogP contribution in [0.15, 0.2) is 29.3 Å². The Labute approximate surface area is 148 Å². The monoisotopic (exact) mass is 341 g/mol. The second-order valence-electron chi connectivity index (χ2n) is 6.69. The van der Waals surface area contributed by atoms with Gasteiger partial charge in [0.1, 0.15) is 0 Å². The molecule has 0 unspecified atom stereocenters. The van der Waals surface area contributed by atoms with Crippen LogP contribution < -0.4 is 10.5 Å². The largest absolute Gasteiger partial charge is 0.367 e. The molecule has 2 aromatic heterocycles. The number of rotatable bonds is 6. The average Bonchev–Trinajstić information content (AvgIpc) is 2.64. The number of hydrogen-bond donors (Lipinski definition) is 1. The van der Waals surface area contributed by atoms with E-state index in [1.54, 1.807) is 6.20 Å². The summed E-state index contributed by atoms with van der Waals surface area (Å²) in [4.78, 5) is 21.1. The van der Waals surface area contributed by atoms with E-state index < -0.39 is 0 Å². The third kappa shape index (κ3) is 4.25. The predicted octanol–water partition coefficient (Wildman–Crippen LogP) is 2.14. The molecule has 2 aromatic rings. The molecule has 6 heteroatoms. The maximum absolute atomic E-state index is 11.7. The minimum absolute atomic E-state index is 0.101. The van der Waals surface area contributed by atoms with Crippen molar-refractivity contribution in [2.24, 2.45) is 0 Å². The van der Waals surface area contributed by atoms with Crippen LogP contribution in [0.3, 0.4) is 0 Å². The molecule has 134 valence electrons. The van der Waals surface area contributed by atoms with Gasteiger partial charge in [-0.2, -0.15) is 5.10 Å². The minimum atomic E-state index is -0.101. The molecule has 1 aliphatic heterocycles. The van der Waals surface area contributed by atoms with Crippen LogP contribution in [0, 0.1) is 6.92 Å². The van der Waals surface area contributed by atoms with Gasteiger partial charge in [-0.15, -0.1) is 0 Å². The van der Waals surface area contributed by atoms with Gasteiger partial charge in [0.15, 0.2) is 0 Å². The zero-order valence-corrected chi connectivity index (χ0v) is 15.2. The van der Waals surface area contributed by atoms with Gasteiger partial charge in [0, 0.05) is 50.2 Å². The molecule has 1 fully saturated rings. The van der Waals surface area contributed by atoms with Crippen LogP contribution in [0.2, 0.25) is 0 Å². The number of aromatic amines is 1. The number of anilines is 1. The molecule has 0 saturated carbocycles. The van der Waals surface area contributed by atoms with Crippen molar-refractivity contribution in [3.8, 4) is 0 Å². The summed E-state index contributed by atoms with van der Waals surface area (Å²) in [6, 6.07) is 4.24. The van der Waals surface area contributed by atoms with Crippen molar-refractivity contribution in [3.63, 3.8) is 0 Å². The number of H-pyrrole nitrogens is 1. The third-order valence-electron chi connectivity index (χ3n) is 4.94. The average molecular weight is 341 g/mol. The number of nitrogens with one attached hydrogen (secondary N) is 1. The highest BCUT2D eigenvalue weighted by atomic mass is 16.1. The number of pyridine rings is 1. The highest BCUT2D eigenvalue weighted by Crippen LogP contribution is 2.19. The van der Waals surface area contributed by atoms with E-state index in [2.05, 4.69) is 38.0 Å². The quantitative estimate of drug-likeness (QED) is 0.872. The van der Waals surface area contributed by atoms with Gasteiger partial charge in [-0.1, -0.05) is 19.4 Å². The fourth-order valence-electron chi connectivity index (χ4n) is 3.34. The summed E-state index contributed by atoms with van der Waals surface area (Å²) in [5, 5.41) is 6.44. The van der Waals surface area contributed by atoms with Crippen molar-refractivity contribution in [1.82, 2.24) is 20.1 Å². The molecule has 1 aliphatic rings. The van der Waals surface area contributed by atoms with E-state index >= 15 is 0 Å². The summed E-state index contributed by atoms with van der Waals surface area (Å²) in [6.45, 7) is 8.81. The Balaban J connectivity index is 1.62. The third-order valence-corrected chi connectivity index (χ3v) is 4.94. The lowest BCUT2D eigenvalue weighted by molar-refractivity contribution is 0.248. The summed E-state index contributed by atoms with van der Waals surface area (Å²) in [5.41, 5.74) is 4.18. The molecule has 0 spiro atoms. The molecule has 0 amide bonds. The first kappa shape index (κ1) is 17.6. The SMILES string of the molecule is CCCCc1ncccc1CN1CCN(c2cn[nH]c(=O)c2C)CC1. The van der Waals surface area contributed by atoms with E-state index in [0.717, 1.165) is 50.4 Å². The van der Waals surface area contributed by atoms with Gasteiger partial charge in [-0.05, 0) is 31.4 Å². The van der Waals surface area contributed by atoms with Crippen LogP contribution in [0.1, 0.15) is 36.6 Å². The number of hydrogen-bond acceptors (Lipinski definition) is 5. The molecular formula is C19H27N5O. The molecule has 3 heterocycles. The zero-order chi connectivity index (χ0) is 17.6. The van der Waals surface area contributed by atoms with Gasteiger partial charge >= 0.3 is 0 Å². The fraction of sp³-hybridized carbons (Fsp3) is 0.526. The number of aryl methyl sites for hydroxylation is 1. The first-order chi connectivity index (χ1) is 12.2. The lowest BCUT2D eigenvalue weighted by atomic mass is 10.1. The topological polar surface area (TPSA) is 65.1 Å². The van der Waals surface area contributed by atoms with Crippen molar-refractivity contribution in [1.29, 1.82) is 0 Å². The van der Waals surface area contributed by atoms with E-state index in [4.69, 9.17) is 0 Å². The standard InChI is InChI=1S/C19H27N5O/c1-3-4-7-17-16(6-5-8-20-17)14-23-9-11-24(12-10-23)18-13-21-22-19(25)15(18)2/h5-6,8,13H,3-4,7,9-12,14H2,1-2H3,(H,22,25). The number of aromatic nitrogens is 3. The fourth-order valence-corrected chi connectivity index (χ4v) is 3.34. The highest BCUT2D eigenvalue weighted by Gasteiger charge is 2.20. The first-order valence-corrected chi connectivity index (χ1v) is 9.13. The zero-order valence-electron chi connectivity index (χ0n) is 15.2. The molecular weight excluding hydrogens is 314 g/mol. The highest BCUT2D eigenvalue weighted by molar-refractivity contribution is 5.50. The van der Waals surface area contributed by atoms with Crippen LogP contribution in [-0.4, -0.2) is 46.3 Å². The molecule has 0 atom stereocenters. The molecule has 0 radical (unpaired) electrons. The molecule has 0 aromatic carbocycles. The molecule has 1 N–H and O–H groups in total. The van der Waals surface area contributed by atoms with Gasteiger partial charge in [0.25, 0.3) is 5.56 Å². The summed E-state index contributed by atoms with van der Waals surface area (Å²) >= 11 is 0. The second kappa shape index (κ2) is 8.25. The van der Waals surface area contributed by atoms with E-state index in [1.807, 2.05) is 19.2 Å². The van der Waals surface area contributed by atoms with Crippen molar-refractivity contribution < 1.29 is 0 Å². The summed E-state index contributed by atoms with van der Waals surface area (Å²) in [5.74, 6) is 0. The Morgan fingerprint density at radius 1 is 1.24 bits per heavy atom. The van der Waals surface area contributed by atoms with Crippen LogP contribution >= 0.6 is 0 Å². The molecule has 6 nitrogen and oxygen atoms in total. The van der Waals surface area contributed by atoms with E-state index in [9.17, 15) is 4.79 Å². The van der Waals surface area contributed by atoms with Crippen molar-refractivity contribution in [2.45, 2.75) is 39.7 Å². The first-order valence-electron chi connectivity index (χ1n) is 9.13. The molecule has 25 heavy (non-hydrogen) atoms. The van der Waals surface area contributed by atoms with E-state index in [-0.39, 0.29) is 5.56 Å². The smallest absolute Gasteiger partial charge is 0.269 e. The van der Waals surface area contributed by atoms with Gasteiger partial charge in [0.05, 0.1) is 11.9 Å². The maximum atomic E-state index is 11.7. The maximum Gasteiger partial charge on any atom is 0.269 e. The molecule has 0 aliphatic carbocycles. The molecule has 0 bridgehead atoms. The van der Waals surface area contributed by atoms with Gasteiger partial charge in [-0.3, -0.25) is 14.7 Å². The number of unbranched alkanes of at least 4 members (excludes halogenated alkanes) is 1. The Morgan fingerprint density at radius 2 is 2.04 bits per heavy atom. The Bertz CT molecular complexity index is 749. The lowest BCUT2D eigenvalue weighted by Crippen LogP contribution is -2.46. The van der Waals surface area contributed by atoms with E-state index in [0.29, 0.717) is 0 Å². The Kier molecular flexibility index (Phi) is 5.81. The normalized spacial score (nSPS) is 15.5. The summed E-state index contributed by atoms with van der Waals surface area (Å²) in [7, 11) is 0. The second-order valence-corrected chi connectivity index (χ2v) is 6.69. The number of piperazine rings is 1. The van der Waals surface area contributed by atoms with Gasteiger partial charge < -0.3 is 4.90 Å². The van der Waals surface area contributed by atoms with Crippen molar-refractivity contribution in [2.75, 3.05) is 31.1 Å². The van der Waals surface area contributed by atoms with Crippen LogP contribution in [0.25, 0.3) is 0 Å². The Hall–Kier alpha value is -2.21. The predicted molar refractivity (Wildman–Crippen MR) is 99.9 cm³/mol. The summed E-state index contributed by atoms with van der Waals surface area (Å²) in [6.07, 6.45) is 7.10. The van der Waals surface area contributed by atoms with Crippen LogP contribution in [-0.2, 0) is 13.0 Å². The Morgan fingerprint density at radius 3 is 2.80 bits per heavy atom. The van der Waals surface area contributed by atoms with Gasteiger partial charge in [0.2, 0.25) is 0 Å².